The molecule has 4 aliphatic heterocycles. The molecular weight excluding hydrogens is 1200 g/mol. The third kappa shape index (κ3) is 21.1. The molecule has 4 aliphatic rings. The van der Waals surface area contributed by atoms with Crippen molar-refractivity contribution in [1.82, 2.24) is 31.0 Å². The Labute approximate surface area is 528 Å². The Bertz CT molecular complexity index is 3500. The average Bonchev–Trinajstić information content (AvgIpc) is 3.55. The van der Waals surface area contributed by atoms with E-state index in [1.807, 2.05) is 52.1 Å². The second-order valence-corrected chi connectivity index (χ2v) is 23.1. The summed E-state index contributed by atoms with van der Waals surface area (Å²) in [5.41, 5.74) is 11.6. The van der Waals surface area contributed by atoms with E-state index in [-0.39, 0.29) is 11.5 Å². The number of carboxylic acids is 1. The monoisotopic (exact) mass is 1280 g/mol. The summed E-state index contributed by atoms with van der Waals surface area (Å²) >= 11 is 3.29. The van der Waals surface area contributed by atoms with Gasteiger partial charge in [-0.2, -0.15) is 10.2 Å². The van der Waals surface area contributed by atoms with Gasteiger partial charge in [0.25, 0.3) is 5.91 Å². The van der Waals surface area contributed by atoms with Gasteiger partial charge in [-0.25, -0.2) is 36.3 Å². The Balaban J connectivity index is 0.000000161. The second-order valence-electron chi connectivity index (χ2n) is 21.2. The molecule has 4 aromatic heterocycles. The molecule has 0 spiro atoms. The number of aromatic carboxylic acids is 1. The quantitative estimate of drug-likeness (QED) is 0.0495. The van der Waals surface area contributed by atoms with Gasteiger partial charge < -0.3 is 45.6 Å². The van der Waals surface area contributed by atoms with E-state index in [0.717, 1.165) is 148 Å². The molecule has 0 bridgehead atoms. The number of piperidine rings is 4. The van der Waals surface area contributed by atoms with Crippen molar-refractivity contribution < 1.29 is 55.7 Å². The number of aromatic nitrogens is 4. The number of H-pyrrole nitrogens is 2. The lowest BCUT2D eigenvalue weighted by atomic mass is 10.1. The molecule has 0 saturated carbocycles. The fourth-order valence-electron chi connectivity index (χ4n) is 10.2. The number of nitrogens with two attached hydrogens (primary N) is 1. The molecule has 4 fully saturated rings. The Hall–Kier alpha value is -8.45. The van der Waals surface area contributed by atoms with E-state index in [0.29, 0.717) is 29.9 Å². The molecule has 24 heteroatoms. The molecule has 4 aromatic carbocycles. The minimum Gasteiger partial charge on any atom is -0.478 e. The number of nitrogens with one attached hydrogen (secondary N) is 4. The topological polar surface area (TPSA) is 224 Å². The van der Waals surface area contributed by atoms with Crippen LogP contribution in [0.4, 0.5) is 39.0 Å². The normalized spacial score (nSPS) is 14.4. The zero-order valence-corrected chi connectivity index (χ0v) is 52.2. The molecule has 8 heterocycles. The highest BCUT2D eigenvalue weighted by Gasteiger charge is 2.23. The van der Waals surface area contributed by atoms with E-state index in [9.17, 15) is 41.1 Å². The third-order valence-corrected chi connectivity index (χ3v) is 16.6. The van der Waals surface area contributed by atoms with Crippen molar-refractivity contribution in [2.45, 2.75) is 90.1 Å². The summed E-state index contributed by atoms with van der Waals surface area (Å²) in [6.07, 6.45) is 14.4. The number of hydrogen-bond acceptors (Lipinski definition) is 15. The number of carbonyl (C=O) groups is 4. The first-order chi connectivity index (χ1) is 43.6. The molecule has 480 valence electrons. The highest BCUT2D eigenvalue weighted by atomic mass is 32.1. The number of halogens is 5. The number of rotatable bonds is 12. The minimum atomic E-state index is -1.07. The molecule has 0 radical (unpaired) electrons. The van der Waals surface area contributed by atoms with Crippen molar-refractivity contribution in [1.29, 1.82) is 0 Å². The molecule has 7 N–H and O–H groups in total. The molecule has 1 amide bonds. The zero-order valence-electron chi connectivity index (χ0n) is 50.5. The number of nitrogens with zero attached hydrogens (tertiary/aromatic N) is 5. The van der Waals surface area contributed by atoms with E-state index in [1.165, 1.54) is 93.9 Å². The summed E-state index contributed by atoms with van der Waals surface area (Å²) in [5.74, 6) is -5.48. The lowest BCUT2D eigenvalue weighted by Crippen LogP contribution is -2.32. The molecule has 0 aliphatic carbocycles. The molecule has 0 atom stereocenters. The van der Waals surface area contributed by atoms with Gasteiger partial charge in [0.15, 0.2) is 0 Å². The van der Waals surface area contributed by atoms with Crippen LogP contribution >= 0.6 is 22.7 Å². The Morgan fingerprint density at radius 1 is 0.522 bits per heavy atom. The number of hydrogen-bond donors (Lipinski definition) is 6. The highest BCUT2D eigenvalue weighted by molar-refractivity contribution is 7.13. The van der Waals surface area contributed by atoms with Crippen LogP contribution in [0.25, 0.3) is 21.1 Å². The summed E-state index contributed by atoms with van der Waals surface area (Å²) in [6.45, 7) is 8.65. The number of benzene rings is 4. The van der Waals surface area contributed by atoms with E-state index in [1.54, 1.807) is 40.9 Å². The summed E-state index contributed by atoms with van der Waals surface area (Å²) in [4.78, 5) is 54.7. The molecule has 12 rings (SSSR count). The van der Waals surface area contributed by atoms with Gasteiger partial charge in [0.1, 0.15) is 40.5 Å². The lowest BCUT2D eigenvalue weighted by molar-refractivity contribution is 0.0588. The molecule has 4 saturated heterocycles. The van der Waals surface area contributed by atoms with Crippen LogP contribution in [0.3, 0.4) is 0 Å². The number of anilines is 3. The summed E-state index contributed by atoms with van der Waals surface area (Å²) in [6, 6.07) is 27.2. The summed E-state index contributed by atoms with van der Waals surface area (Å²) < 4.78 is 74.1. The first-order valence-electron chi connectivity index (χ1n) is 30.0. The maximum atomic E-state index is 13.8. The summed E-state index contributed by atoms with van der Waals surface area (Å²) in [7, 11) is 2.42. The molecule has 0 unspecified atom stereocenters. The molecule has 17 nitrogen and oxygen atoms in total. The van der Waals surface area contributed by atoms with Gasteiger partial charge in [-0.3, -0.25) is 15.0 Å². The van der Waals surface area contributed by atoms with E-state index >= 15 is 0 Å². The average molecular weight is 1280 g/mol. The van der Waals surface area contributed by atoms with Crippen LogP contribution in [-0.4, -0.2) is 116 Å². The van der Waals surface area contributed by atoms with Crippen molar-refractivity contribution in [2.75, 3.05) is 81.3 Å². The Morgan fingerprint density at radius 2 is 0.922 bits per heavy atom. The van der Waals surface area contributed by atoms with Gasteiger partial charge in [0.2, 0.25) is 0 Å². The van der Waals surface area contributed by atoms with Crippen LogP contribution in [0.15, 0.2) is 120 Å². The standard InChI is InChI=1S/C20H21FN4OS.C13H16FNO2.C12H14FNO2.C8H6F2O2.C8H9N3S.C5H11N/c21-14-6-7-18(25-8-2-1-3-9-25)16(11-14)20(26)22-13-15-12-17(24-23-15)19-5-4-10-27-19;1-17-13(16)11-9-10(14)5-6-12(11)15-7-3-2-4-8-15;13-9-4-5-11(10(8-9)12(15)16)14-6-2-1-3-7-14;1-12-8(11)6-4-5(9)2-3-7(6)10;9-5-6-4-7(11-10-6)8-2-1-3-12-8;1-2-4-6-5-3-1/h4-7,10-12H,1-3,8-9,13H2,(H,22,26)(H,23,24);5-6,9H,2-4,7-8H2,1H3;4-5,8H,1-3,6-7H2,(H,15,16);2-4H,1H3;1-4H,5,9H2,(H,10,11);6H,1-5H2. The van der Waals surface area contributed by atoms with Crippen molar-refractivity contribution in [3.05, 3.63) is 183 Å². The molecule has 8 aromatic rings. The van der Waals surface area contributed by atoms with Gasteiger partial charge in [-0.05, 0) is 192 Å². The van der Waals surface area contributed by atoms with E-state index in [2.05, 4.69) is 45.6 Å². The fourth-order valence-corrected chi connectivity index (χ4v) is 11.6. The smallest absolute Gasteiger partial charge is 0.340 e. The number of aromatic amines is 2. The van der Waals surface area contributed by atoms with Crippen molar-refractivity contribution in [2.24, 2.45) is 5.73 Å². The van der Waals surface area contributed by atoms with Crippen LogP contribution in [0.2, 0.25) is 0 Å². The Kier molecular flexibility index (Phi) is 27.8. The number of carbonyl (C=O) groups excluding carboxylic acids is 3. The number of amides is 1. The Morgan fingerprint density at radius 3 is 1.33 bits per heavy atom. The predicted molar refractivity (Wildman–Crippen MR) is 343 cm³/mol. The van der Waals surface area contributed by atoms with E-state index < -0.39 is 52.6 Å². The van der Waals surface area contributed by atoms with Gasteiger partial charge in [-0.15, -0.1) is 22.7 Å². The van der Waals surface area contributed by atoms with Crippen molar-refractivity contribution in [3.8, 4) is 21.1 Å². The van der Waals surface area contributed by atoms with Gasteiger partial charge >= 0.3 is 17.9 Å². The van der Waals surface area contributed by atoms with E-state index in [4.69, 9.17) is 15.6 Å². The lowest BCUT2D eigenvalue weighted by Gasteiger charge is -2.30. The highest BCUT2D eigenvalue weighted by Crippen LogP contribution is 2.29. The predicted octanol–water partition coefficient (Wildman–Crippen LogP) is 13.4. The third-order valence-electron chi connectivity index (χ3n) is 14.9. The first kappa shape index (κ1) is 69.0. The van der Waals surface area contributed by atoms with Crippen LogP contribution in [0, 0.1) is 29.1 Å². The number of ether oxygens (including phenoxy) is 2. The second kappa shape index (κ2) is 36.3. The zero-order chi connectivity index (χ0) is 64.2. The van der Waals surface area contributed by atoms with Crippen LogP contribution in [0.1, 0.15) is 130 Å². The number of methoxy groups -OCH3 is 2. The summed E-state index contributed by atoms with van der Waals surface area (Å²) in [5, 5.41) is 33.5. The largest absolute Gasteiger partial charge is 0.478 e. The number of thiophene rings is 2. The minimum absolute atomic E-state index is 0.0573. The first-order valence-corrected chi connectivity index (χ1v) is 31.8. The molecule has 90 heavy (non-hydrogen) atoms. The van der Waals surface area contributed by atoms with Crippen molar-refractivity contribution >= 4 is 63.6 Å². The van der Waals surface area contributed by atoms with Crippen LogP contribution in [-0.2, 0) is 22.6 Å². The maximum Gasteiger partial charge on any atom is 0.340 e. The number of esters is 2. The van der Waals surface area contributed by atoms with Crippen LogP contribution in [0.5, 0.6) is 0 Å². The van der Waals surface area contributed by atoms with Crippen LogP contribution < -0.4 is 31.1 Å². The van der Waals surface area contributed by atoms with Crippen molar-refractivity contribution in [3.63, 3.8) is 0 Å². The molecular formula is C66H77F5N10O7S2. The van der Waals surface area contributed by atoms with Gasteiger partial charge in [0, 0.05) is 57.2 Å². The number of carboxylic acid groups (broad SMARTS) is 1. The van der Waals surface area contributed by atoms with Gasteiger partial charge in [0.05, 0.1) is 69.8 Å². The SMILES string of the molecule is C1CCNCC1.COC(=O)c1cc(F)ccc1F.COC(=O)c1cc(F)ccc1N1CCCCC1.NCc1cc(-c2cccs2)n[nH]1.O=C(NCc1cc(-c2cccs2)n[nH]1)c1cc(F)ccc1N1CCCCC1.O=C(O)c1cc(F)ccc1N1CCCCC1. The maximum absolute atomic E-state index is 13.8. The fraction of sp³-hybridized carbons (Fsp3) is 0.364. The van der Waals surface area contributed by atoms with Gasteiger partial charge in [-0.1, -0.05) is 18.6 Å².